The number of nitrogens with one attached hydrogen (secondary N) is 2. The van der Waals surface area contributed by atoms with Gasteiger partial charge in [-0.1, -0.05) is 36.4 Å². The van der Waals surface area contributed by atoms with Crippen molar-refractivity contribution in [1.29, 1.82) is 0 Å². The first-order chi connectivity index (χ1) is 18.9. The lowest BCUT2D eigenvalue weighted by atomic mass is 9.95. The van der Waals surface area contributed by atoms with E-state index in [-0.39, 0.29) is 12.1 Å². The Bertz CT molecular complexity index is 1470. The van der Waals surface area contributed by atoms with E-state index in [1.165, 1.54) is 16.7 Å². The van der Waals surface area contributed by atoms with E-state index in [0.717, 1.165) is 72.8 Å². The Labute approximate surface area is 229 Å². The summed E-state index contributed by atoms with van der Waals surface area (Å²) in [6.45, 7) is 2.59. The molecule has 4 aromatic rings. The highest BCUT2D eigenvalue weighted by Gasteiger charge is 2.27. The third kappa shape index (κ3) is 5.25. The number of carbonyl (C=O) groups excluding carboxylic acids is 1. The molecule has 0 aliphatic carbocycles. The normalized spacial score (nSPS) is 16.4. The molecule has 2 aromatic heterocycles. The summed E-state index contributed by atoms with van der Waals surface area (Å²) in [7, 11) is 6.13. The van der Waals surface area contributed by atoms with E-state index in [4.69, 9.17) is 5.10 Å². The number of rotatable bonds is 6. The number of aryl methyl sites for hydroxylation is 1. The Hall–Kier alpha value is -4.17. The van der Waals surface area contributed by atoms with Crippen LogP contribution in [0.15, 0.2) is 67.0 Å². The van der Waals surface area contributed by atoms with Crippen molar-refractivity contribution < 1.29 is 4.79 Å². The van der Waals surface area contributed by atoms with Gasteiger partial charge in [-0.15, -0.1) is 0 Å². The minimum absolute atomic E-state index is 0.0273. The van der Waals surface area contributed by atoms with Crippen LogP contribution in [0.4, 0.5) is 16.3 Å². The van der Waals surface area contributed by atoms with Gasteiger partial charge in [0.05, 0.1) is 6.04 Å². The molecule has 2 N–H and O–H groups in total. The average Bonchev–Trinajstić information content (AvgIpc) is 3.69. The molecule has 200 valence electrons. The highest BCUT2D eigenvalue weighted by molar-refractivity contribution is 5.90. The van der Waals surface area contributed by atoms with Gasteiger partial charge in [-0.25, -0.2) is 9.78 Å². The van der Waals surface area contributed by atoms with Gasteiger partial charge >= 0.3 is 6.03 Å². The Morgan fingerprint density at radius 3 is 2.49 bits per heavy atom. The molecule has 1 atom stereocenters. The van der Waals surface area contributed by atoms with Gasteiger partial charge in [0.25, 0.3) is 0 Å². The number of anilines is 2. The second-order valence-corrected chi connectivity index (χ2v) is 10.8. The van der Waals surface area contributed by atoms with Gasteiger partial charge in [0.2, 0.25) is 0 Å². The standard InChI is InChI=1S/C31H35N7O/c1-36(2)19-21-6-8-22(9-7-21)28-18-26-25(14-15-32-30(26)34-28)27-20-37(3)35-29(27)23-10-12-24(13-11-23)33-31(39)38-16-4-5-17-38/h6-15,20,28H,4-5,16-19H2,1-3H3,(H,32,34)(H,33,39). The number of nitrogens with zero attached hydrogens (tertiary/aromatic N) is 5. The second-order valence-electron chi connectivity index (χ2n) is 10.8. The van der Waals surface area contributed by atoms with Crippen molar-refractivity contribution in [2.45, 2.75) is 31.8 Å². The van der Waals surface area contributed by atoms with Crippen molar-refractivity contribution in [2.75, 3.05) is 37.8 Å². The van der Waals surface area contributed by atoms with E-state index in [0.29, 0.717) is 0 Å². The van der Waals surface area contributed by atoms with Gasteiger partial charge in [-0.05, 0) is 61.8 Å². The molecule has 2 aromatic carbocycles. The molecule has 0 radical (unpaired) electrons. The van der Waals surface area contributed by atoms with Crippen LogP contribution >= 0.6 is 0 Å². The molecule has 2 aliphatic heterocycles. The zero-order valence-electron chi connectivity index (χ0n) is 22.8. The maximum Gasteiger partial charge on any atom is 0.321 e. The van der Waals surface area contributed by atoms with Crippen LogP contribution in [0.25, 0.3) is 22.4 Å². The Balaban J connectivity index is 1.24. The van der Waals surface area contributed by atoms with Crippen LogP contribution in [0, 0.1) is 0 Å². The van der Waals surface area contributed by atoms with Gasteiger partial charge in [0.15, 0.2) is 0 Å². The van der Waals surface area contributed by atoms with E-state index in [1.54, 1.807) is 0 Å². The van der Waals surface area contributed by atoms with E-state index in [2.05, 4.69) is 71.1 Å². The zero-order valence-corrected chi connectivity index (χ0v) is 22.8. The molecule has 1 unspecified atom stereocenters. The summed E-state index contributed by atoms with van der Waals surface area (Å²) in [5.74, 6) is 0.935. The number of amides is 2. The van der Waals surface area contributed by atoms with Crippen LogP contribution in [0.1, 0.15) is 35.6 Å². The quantitative estimate of drug-likeness (QED) is 0.348. The molecule has 8 heteroatoms. The van der Waals surface area contributed by atoms with Crippen LogP contribution in [0.2, 0.25) is 0 Å². The van der Waals surface area contributed by atoms with Crippen molar-refractivity contribution in [2.24, 2.45) is 7.05 Å². The predicted octanol–water partition coefficient (Wildman–Crippen LogP) is 5.55. The minimum Gasteiger partial charge on any atom is -0.363 e. The molecule has 39 heavy (non-hydrogen) atoms. The second kappa shape index (κ2) is 10.5. The average molecular weight is 522 g/mol. The number of benzene rings is 2. The first-order valence-electron chi connectivity index (χ1n) is 13.6. The van der Waals surface area contributed by atoms with Gasteiger partial charge in [-0.3, -0.25) is 4.68 Å². The molecule has 6 rings (SSSR count). The fraction of sp³-hybridized carbons (Fsp3) is 0.323. The van der Waals surface area contributed by atoms with Gasteiger partial charge in [-0.2, -0.15) is 5.10 Å². The van der Waals surface area contributed by atoms with E-state index >= 15 is 0 Å². The molecule has 8 nitrogen and oxygen atoms in total. The number of urea groups is 1. The Morgan fingerprint density at radius 2 is 1.77 bits per heavy atom. The molecule has 0 bridgehead atoms. The SMILES string of the molecule is CN(C)Cc1ccc(C2Cc3c(-c4cn(C)nc4-c4ccc(NC(=O)N5CCCC5)cc4)ccnc3N2)cc1. The topological polar surface area (TPSA) is 78.3 Å². The van der Waals surface area contributed by atoms with Crippen molar-refractivity contribution in [3.05, 3.63) is 83.7 Å². The number of aromatic nitrogens is 3. The smallest absolute Gasteiger partial charge is 0.321 e. The molecule has 0 saturated carbocycles. The van der Waals surface area contributed by atoms with Crippen molar-refractivity contribution in [1.82, 2.24) is 24.6 Å². The maximum absolute atomic E-state index is 12.5. The van der Waals surface area contributed by atoms with Crippen molar-refractivity contribution >= 4 is 17.5 Å². The number of hydrogen-bond acceptors (Lipinski definition) is 5. The minimum atomic E-state index is -0.0273. The first-order valence-corrected chi connectivity index (χ1v) is 13.6. The monoisotopic (exact) mass is 521 g/mol. The van der Waals surface area contributed by atoms with E-state index in [1.807, 2.05) is 47.1 Å². The summed E-state index contributed by atoms with van der Waals surface area (Å²) in [6, 6.07) is 19.1. The number of pyridine rings is 1. The summed E-state index contributed by atoms with van der Waals surface area (Å²) in [4.78, 5) is 21.2. The fourth-order valence-corrected chi connectivity index (χ4v) is 5.65. The van der Waals surface area contributed by atoms with Crippen molar-refractivity contribution in [3.8, 4) is 22.4 Å². The molecular formula is C31H35N7O. The third-order valence-corrected chi connectivity index (χ3v) is 7.58. The van der Waals surface area contributed by atoms with Crippen LogP contribution in [-0.2, 0) is 20.0 Å². The number of hydrogen-bond donors (Lipinski definition) is 2. The number of likely N-dealkylation sites (tertiary alicyclic amines) is 1. The van der Waals surface area contributed by atoms with Crippen LogP contribution in [0.5, 0.6) is 0 Å². The highest BCUT2D eigenvalue weighted by Crippen LogP contribution is 2.41. The first kappa shape index (κ1) is 25.1. The Kier molecular flexibility index (Phi) is 6.79. The molecule has 2 amide bonds. The molecular weight excluding hydrogens is 486 g/mol. The largest absolute Gasteiger partial charge is 0.363 e. The highest BCUT2D eigenvalue weighted by atomic mass is 16.2. The third-order valence-electron chi connectivity index (χ3n) is 7.58. The lowest BCUT2D eigenvalue weighted by Gasteiger charge is -2.16. The van der Waals surface area contributed by atoms with Crippen LogP contribution in [-0.4, -0.2) is 57.8 Å². The molecule has 1 fully saturated rings. The summed E-state index contributed by atoms with van der Waals surface area (Å²) in [6.07, 6.45) is 6.97. The van der Waals surface area contributed by atoms with E-state index < -0.39 is 0 Å². The van der Waals surface area contributed by atoms with Gasteiger partial charge in [0.1, 0.15) is 11.5 Å². The van der Waals surface area contributed by atoms with Gasteiger partial charge < -0.3 is 20.4 Å². The van der Waals surface area contributed by atoms with Crippen molar-refractivity contribution in [3.63, 3.8) is 0 Å². The summed E-state index contributed by atoms with van der Waals surface area (Å²) in [5.41, 5.74) is 8.72. The lowest BCUT2D eigenvalue weighted by molar-refractivity contribution is 0.222. The zero-order chi connectivity index (χ0) is 26.9. The van der Waals surface area contributed by atoms with Crippen LogP contribution < -0.4 is 10.6 Å². The van der Waals surface area contributed by atoms with Gasteiger partial charge in [0, 0.05) is 67.9 Å². The maximum atomic E-state index is 12.5. The summed E-state index contributed by atoms with van der Waals surface area (Å²) < 4.78 is 1.86. The molecule has 0 spiro atoms. The number of carbonyl (C=O) groups is 1. The predicted molar refractivity (Wildman–Crippen MR) is 156 cm³/mol. The summed E-state index contributed by atoms with van der Waals surface area (Å²) in [5, 5.41) is 11.5. The van der Waals surface area contributed by atoms with Crippen LogP contribution in [0.3, 0.4) is 0 Å². The summed E-state index contributed by atoms with van der Waals surface area (Å²) >= 11 is 0. The number of fused-ring (bicyclic) bond motifs is 1. The molecule has 4 heterocycles. The fourth-order valence-electron chi connectivity index (χ4n) is 5.65. The lowest BCUT2D eigenvalue weighted by Crippen LogP contribution is -2.32. The molecule has 2 aliphatic rings. The Morgan fingerprint density at radius 1 is 1.03 bits per heavy atom. The van der Waals surface area contributed by atoms with E-state index in [9.17, 15) is 4.79 Å². The molecule has 1 saturated heterocycles.